The fourth-order valence-corrected chi connectivity index (χ4v) is 3.18. The number of pyridine rings is 1. The van der Waals surface area contributed by atoms with Crippen LogP contribution in [0.25, 0.3) is 0 Å². The number of hydrogen-bond acceptors (Lipinski definition) is 5. The number of carboxylic acids is 1. The molecular weight excluding hydrogens is 322 g/mol. The third-order valence-electron chi connectivity index (χ3n) is 4.02. The van der Waals surface area contributed by atoms with Gasteiger partial charge in [-0.15, -0.1) is 0 Å². The summed E-state index contributed by atoms with van der Waals surface area (Å²) in [6, 6.07) is 2.57. The molecule has 126 valence electrons. The Balaban J connectivity index is 2.21. The van der Waals surface area contributed by atoms with E-state index in [2.05, 4.69) is 9.71 Å². The van der Waals surface area contributed by atoms with Crippen LogP contribution in [0.2, 0.25) is 0 Å². The van der Waals surface area contributed by atoms with E-state index in [1.807, 2.05) is 6.92 Å². The Morgan fingerprint density at radius 2 is 2.04 bits per heavy atom. The minimum atomic E-state index is -3.66. The van der Waals surface area contributed by atoms with Crippen LogP contribution in [0.3, 0.4) is 0 Å². The highest BCUT2D eigenvalue weighted by atomic mass is 32.2. The van der Waals surface area contributed by atoms with E-state index in [1.165, 1.54) is 30.3 Å². The lowest BCUT2D eigenvalue weighted by molar-refractivity contribution is -0.143. The summed E-state index contributed by atoms with van der Waals surface area (Å²) in [5.41, 5.74) is 0.234. The van der Waals surface area contributed by atoms with E-state index in [0.717, 1.165) is 0 Å². The number of nitrogens with one attached hydrogen (secondary N) is 1. The molecule has 9 heteroatoms. The lowest BCUT2D eigenvalue weighted by Crippen LogP contribution is -2.47. The Morgan fingerprint density at radius 3 is 2.57 bits per heavy atom. The summed E-state index contributed by atoms with van der Waals surface area (Å²) < 4.78 is 25.4. The molecule has 0 saturated carbocycles. The number of piperidine rings is 1. The summed E-state index contributed by atoms with van der Waals surface area (Å²) in [7, 11) is -2.38. The standard InChI is InChI=1S/C14H19N3O5S/c1-9-3-4-11(14(19)20)8-17(9)13(18)10-5-6-12(16-7-10)23(21,22)15-2/h5-7,9,11,15H,3-4,8H2,1-2H3,(H,19,20). The van der Waals surface area contributed by atoms with Crippen molar-refractivity contribution in [3.8, 4) is 0 Å². The summed E-state index contributed by atoms with van der Waals surface area (Å²) >= 11 is 0. The SMILES string of the molecule is CNS(=O)(=O)c1ccc(C(=O)N2CC(C(=O)O)CCC2C)cn1. The number of hydrogen-bond donors (Lipinski definition) is 2. The number of amides is 1. The first-order chi connectivity index (χ1) is 10.8. The van der Waals surface area contributed by atoms with E-state index in [0.29, 0.717) is 12.8 Å². The Kier molecular flexibility index (Phi) is 5.00. The maximum Gasteiger partial charge on any atom is 0.308 e. The lowest BCUT2D eigenvalue weighted by atomic mass is 9.93. The van der Waals surface area contributed by atoms with Crippen molar-refractivity contribution in [3.63, 3.8) is 0 Å². The molecule has 2 N–H and O–H groups in total. The van der Waals surface area contributed by atoms with Gasteiger partial charge in [-0.3, -0.25) is 9.59 Å². The van der Waals surface area contributed by atoms with Crippen molar-refractivity contribution >= 4 is 21.9 Å². The topological polar surface area (TPSA) is 117 Å². The van der Waals surface area contributed by atoms with Gasteiger partial charge in [-0.25, -0.2) is 18.1 Å². The first-order valence-electron chi connectivity index (χ1n) is 7.19. The highest BCUT2D eigenvalue weighted by molar-refractivity contribution is 7.89. The Bertz CT molecular complexity index is 702. The number of sulfonamides is 1. The number of likely N-dealkylation sites (tertiary alicyclic amines) is 1. The van der Waals surface area contributed by atoms with Crippen molar-refractivity contribution in [1.82, 2.24) is 14.6 Å². The third-order valence-corrected chi connectivity index (χ3v) is 5.35. The van der Waals surface area contributed by atoms with Crippen molar-refractivity contribution in [1.29, 1.82) is 0 Å². The maximum absolute atomic E-state index is 12.5. The average Bonchev–Trinajstić information content (AvgIpc) is 2.54. The van der Waals surface area contributed by atoms with Crippen LogP contribution in [0.15, 0.2) is 23.4 Å². The monoisotopic (exact) mass is 341 g/mol. The molecule has 0 radical (unpaired) electrons. The summed E-state index contributed by atoms with van der Waals surface area (Å²) in [6.45, 7) is 2.01. The number of aliphatic carboxylic acids is 1. The number of nitrogens with zero attached hydrogens (tertiary/aromatic N) is 2. The van der Waals surface area contributed by atoms with E-state index in [4.69, 9.17) is 5.11 Å². The second-order valence-corrected chi connectivity index (χ2v) is 7.35. The summed E-state index contributed by atoms with van der Waals surface area (Å²) in [5.74, 6) is -1.83. The molecule has 2 atom stereocenters. The first kappa shape index (κ1) is 17.4. The van der Waals surface area contributed by atoms with Crippen molar-refractivity contribution in [3.05, 3.63) is 23.9 Å². The van der Waals surface area contributed by atoms with Gasteiger partial charge in [0.05, 0.1) is 11.5 Å². The fourth-order valence-electron chi connectivity index (χ4n) is 2.53. The zero-order valence-electron chi connectivity index (χ0n) is 12.9. The minimum Gasteiger partial charge on any atom is -0.481 e. The van der Waals surface area contributed by atoms with Crippen molar-refractivity contribution in [2.45, 2.75) is 30.8 Å². The normalized spacial score (nSPS) is 21.9. The molecule has 1 saturated heterocycles. The lowest BCUT2D eigenvalue weighted by Gasteiger charge is -2.36. The summed E-state index contributed by atoms with van der Waals surface area (Å²) in [5, 5.41) is 8.95. The molecule has 1 aliphatic rings. The smallest absolute Gasteiger partial charge is 0.308 e. The summed E-state index contributed by atoms with van der Waals surface area (Å²) in [6.07, 6.45) is 2.35. The highest BCUT2D eigenvalue weighted by Crippen LogP contribution is 2.24. The molecule has 8 nitrogen and oxygen atoms in total. The molecular formula is C14H19N3O5S. The molecule has 2 heterocycles. The van der Waals surface area contributed by atoms with Crippen molar-refractivity contribution in [2.75, 3.05) is 13.6 Å². The van der Waals surface area contributed by atoms with Gasteiger partial charge in [0, 0.05) is 18.8 Å². The van der Waals surface area contributed by atoms with Crippen LogP contribution in [0, 0.1) is 5.92 Å². The molecule has 0 bridgehead atoms. The molecule has 2 rings (SSSR count). The number of aromatic nitrogens is 1. The summed E-state index contributed by atoms with van der Waals surface area (Å²) in [4.78, 5) is 29.0. The Labute approximate surface area is 134 Å². The zero-order chi connectivity index (χ0) is 17.2. The molecule has 0 spiro atoms. The number of carbonyl (C=O) groups excluding carboxylic acids is 1. The third kappa shape index (κ3) is 3.67. The van der Waals surface area contributed by atoms with Gasteiger partial charge in [0.25, 0.3) is 15.9 Å². The molecule has 23 heavy (non-hydrogen) atoms. The van der Waals surface area contributed by atoms with Crippen LogP contribution in [0.1, 0.15) is 30.1 Å². The van der Waals surface area contributed by atoms with Crippen LogP contribution in [-0.4, -0.2) is 54.9 Å². The van der Waals surface area contributed by atoms with Gasteiger partial charge >= 0.3 is 5.97 Å². The van der Waals surface area contributed by atoms with Crippen LogP contribution in [-0.2, 0) is 14.8 Å². The average molecular weight is 341 g/mol. The van der Waals surface area contributed by atoms with Gasteiger partial charge in [0.1, 0.15) is 0 Å². The Morgan fingerprint density at radius 1 is 1.35 bits per heavy atom. The number of rotatable bonds is 4. The Hall–Kier alpha value is -2.00. The molecule has 2 unspecified atom stereocenters. The molecule has 1 aliphatic heterocycles. The quantitative estimate of drug-likeness (QED) is 0.814. The van der Waals surface area contributed by atoms with E-state index >= 15 is 0 Å². The zero-order valence-corrected chi connectivity index (χ0v) is 13.7. The molecule has 1 fully saturated rings. The van der Waals surface area contributed by atoms with E-state index in [1.54, 1.807) is 0 Å². The van der Waals surface area contributed by atoms with Gasteiger partial charge < -0.3 is 10.0 Å². The molecule has 1 amide bonds. The van der Waals surface area contributed by atoms with Crippen LogP contribution in [0.4, 0.5) is 0 Å². The maximum atomic E-state index is 12.5. The van der Waals surface area contributed by atoms with Gasteiger partial charge in [0.15, 0.2) is 5.03 Å². The first-order valence-corrected chi connectivity index (χ1v) is 8.68. The van der Waals surface area contributed by atoms with Crippen molar-refractivity contribution in [2.24, 2.45) is 5.92 Å². The van der Waals surface area contributed by atoms with Gasteiger partial charge in [-0.05, 0) is 38.9 Å². The molecule has 1 aromatic rings. The minimum absolute atomic E-state index is 0.0705. The fraction of sp³-hybridized carbons (Fsp3) is 0.500. The molecule has 0 aliphatic carbocycles. The van der Waals surface area contributed by atoms with E-state index in [-0.39, 0.29) is 29.1 Å². The van der Waals surface area contributed by atoms with Crippen LogP contribution >= 0.6 is 0 Å². The molecule has 1 aromatic heterocycles. The van der Waals surface area contributed by atoms with Crippen molar-refractivity contribution < 1.29 is 23.1 Å². The van der Waals surface area contributed by atoms with Gasteiger partial charge in [-0.2, -0.15) is 0 Å². The predicted octanol–water partition coefficient (Wildman–Crippen LogP) is 0.315. The predicted molar refractivity (Wildman–Crippen MR) is 81.3 cm³/mol. The number of carboxylic acid groups (broad SMARTS) is 1. The van der Waals surface area contributed by atoms with Crippen LogP contribution < -0.4 is 4.72 Å². The van der Waals surface area contributed by atoms with Crippen LogP contribution in [0.5, 0.6) is 0 Å². The van der Waals surface area contributed by atoms with Gasteiger partial charge in [0.2, 0.25) is 0 Å². The van der Waals surface area contributed by atoms with E-state index < -0.39 is 21.9 Å². The largest absolute Gasteiger partial charge is 0.481 e. The number of carbonyl (C=O) groups is 2. The van der Waals surface area contributed by atoms with Gasteiger partial charge in [-0.1, -0.05) is 0 Å². The second kappa shape index (κ2) is 6.63. The highest BCUT2D eigenvalue weighted by Gasteiger charge is 2.33. The second-order valence-electron chi connectivity index (χ2n) is 5.51. The van der Waals surface area contributed by atoms with E-state index in [9.17, 15) is 18.0 Å². The molecule has 0 aromatic carbocycles.